The highest BCUT2D eigenvalue weighted by atomic mass is 16.7. The second kappa shape index (κ2) is 6.16. The molecule has 0 saturated heterocycles. The quantitative estimate of drug-likeness (QED) is 0.427. The van der Waals surface area contributed by atoms with Gasteiger partial charge in [-0.15, -0.1) is 0 Å². The molecule has 1 unspecified atom stereocenters. The molecule has 0 rings (SSSR count). The van der Waals surface area contributed by atoms with Crippen molar-refractivity contribution < 1.29 is 34.5 Å². The Bertz CT molecular complexity index is 314. The summed E-state index contributed by atoms with van der Waals surface area (Å²) in [6.45, 7) is 3.35. The highest BCUT2D eigenvalue weighted by Gasteiger charge is 2.41. The molecule has 0 aliphatic carbocycles. The maximum Gasteiger partial charge on any atom is 0.336 e. The van der Waals surface area contributed by atoms with Crippen molar-refractivity contribution in [3.05, 3.63) is 0 Å². The van der Waals surface area contributed by atoms with E-state index >= 15 is 0 Å². The van der Waals surface area contributed by atoms with Gasteiger partial charge in [-0.3, -0.25) is 9.59 Å². The summed E-state index contributed by atoms with van der Waals surface area (Å²) in [5.41, 5.74) is -0.406. The van der Waals surface area contributed by atoms with Crippen LogP contribution in [0.1, 0.15) is 26.7 Å². The molecule has 0 aliphatic heterocycles. The van der Waals surface area contributed by atoms with Gasteiger partial charge in [0.2, 0.25) is 0 Å². The lowest BCUT2D eigenvalue weighted by molar-refractivity contribution is -0.174. The van der Waals surface area contributed by atoms with Crippen molar-refractivity contribution in [2.75, 3.05) is 0 Å². The number of hydrogen-bond acceptors (Lipinski definition) is 6. The summed E-state index contributed by atoms with van der Waals surface area (Å²) < 4.78 is 0. The zero-order valence-corrected chi connectivity index (χ0v) is 9.47. The van der Waals surface area contributed by atoms with Crippen molar-refractivity contribution in [3.63, 3.8) is 0 Å². The zero-order chi connectivity index (χ0) is 13.6. The number of aliphatic carboxylic acids is 2. The largest absolute Gasteiger partial charge is 0.481 e. The molecular formula is C9H15NO7. The Morgan fingerprint density at radius 1 is 1.24 bits per heavy atom. The van der Waals surface area contributed by atoms with Crippen LogP contribution >= 0.6 is 0 Å². The number of carbonyl (C=O) groups is 3. The molecule has 0 amide bonds. The molecule has 0 saturated carbocycles. The highest BCUT2D eigenvalue weighted by Crippen LogP contribution is 2.16. The van der Waals surface area contributed by atoms with Crippen LogP contribution in [0, 0.1) is 0 Å². The number of hydroxylamine groups is 1. The molecule has 0 aromatic rings. The van der Waals surface area contributed by atoms with Crippen molar-refractivity contribution in [2.45, 2.75) is 38.3 Å². The van der Waals surface area contributed by atoms with E-state index in [1.807, 2.05) is 0 Å². The van der Waals surface area contributed by atoms with Gasteiger partial charge in [-0.1, -0.05) is 0 Å². The Balaban J connectivity index is 4.49. The SMILES string of the molecule is CC(C)NOC(=O)CC(O)(CC(=O)O)C(=O)O. The van der Waals surface area contributed by atoms with Crippen LogP contribution in [0.4, 0.5) is 0 Å². The Hall–Kier alpha value is -1.67. The molecule has 8 heteroatoms. The first-order valence-corrected chi connectivity index (χ1v) is 4.80. The first kappa shape index (κ1) is 15.3. The summed E-state index contributed by atoms with van der Waals surface area (Å²) in [6.07, 6.45) is -2.03. The fraction of sp³-hybridized carbons (Fsp3) is 0.667. The number of nitrogens with one attached hydrogen (secondary N) is 1. The lowest BCUT2D eigenvalue weighted by Gasteiger charge is -2.20. The van der Waals surface area contributed by atoms with Crippen LogP contribution < -0.4 is 5.48 Å². The van der Waals surface area contributed by atoms with E-state index in [1.165, 1.54) is 0 Å². The van der Waals surface area contributed by atoms with Crippen LogP contribution in [0.25, 0.3) is 0 Å². The van der Waals surface area contributed by atoms with Crippen molar-refractivity contribution in [3.8, 4) is 0 Å². The van der Waals surface area contributed by atoms with Crippen LogP contribution in [0.15, 0.2) is 0 Å². The fourth-order valence-electron chi connectivity index (χ4n) is 0.922. The monoisotopic (exact) mass is 249 g/mol. The molecule has 1 atom stereocenters. The van der Waals surface area contributed by atoms with Crippen LogP contribution in [0.2, 0.25) is 0 Å². The van der Waals surface area contributed by atoms with Gasteiger partial charge < -0.3 is 20.2 Å². The molecule has 0 fully saturated rings. The van der Waals surface area contributed by atoms with E-state index in [1.54, 1.807) is 13.8 Å². The molecule has 0 aromatic heterocycles. The average Bonchev–Trinajstić information content (AvgIpc) is 2.12. The first-order chi connectivity index (χ1) is 7.67. The van der Waals surface area contributed by atoms with E-state index in [0.717, 1.165) is 0 Å². The van der Waals surface area contributed by atoms with Gasteiger partial charge in [0.15, 0.2) is 5.60 Å². The third-order valence-corrected chi connectivity index (χ3v) is 1.69. The summed E-state index contributed by atoms with van der Waals surface area (Å²) in [4.78, 5) is 36.6. The zero-order valence-electron chi connectivity index (χ0n) is 9.47. The van der Waals surface area contributed by atoms with Crippen LogP contribution in [0.3, 0.4) is 0 Å². The second-order valence-electron chi connectivity index (χ2n) is 3.83. The summed E-state index contributed by atoms with van der Waals surface area (Å²) >= 11 is 0. The van der Waals surface area contributed by atoms with Crippen LogP contribution in [-0.4, -0.2) is 44.9 Å². The normalized spacial score (nSPS) is 14.1. The average molecular weight is 249 g/mol. The Morgan fingerprint density at radius 2 is 1.76 bits per heavy atom. The molecule has 0 aliphatic rings. The Morgan fingerprint density at radius 3 is 2.12 bits per heavy atom. The van der Waals surface area contributed by atoms with Crippen molar-refractivity contribution >= 4 is 17.9 Å². The van der Waals surface area contributed by atoms with Crippen molar-refractivity contribution in [1.29, 1.82) is 0 Å². The molecule has 0 radical (unpaired) electrons. The number of carboxylic acid groups (broad SMARTS) is 2. The summed E-state index contributed by atoms with van der Waals surface area (Å²) in [6, 6.07) is -0.184. The van der Waals surface area contributed by atoms with E-state index < -0.39 is 36.4 Å². The predicted molar refractivity (Wildman–Crippen MR) is 53.8 cm³/mol. The van der Waals surface area contributed by atoms with Gasteiger partial charge in [0.05, 0.1) is 12.8 Å². The van der Waals surface area contributed by atoms with Gasteiger partial charge in [0, 0.05) is 6.04 Å². The molecule has 8 nitrogen and oxygen atoms in total. The number of hydrogen-bond donors (Lipinski definition) is 4. The van der Waals surface area contributed by atoms with Gasteiger partial charge >= 0.3 is 17.9 Å². The number of aliphatic hydroxyl groups is 1. The molecule has 0 aromatic carbocycles. The molecule has 17 heavy (non-hydrogen) atoms. The number of rotatable bonds is 7. The van der Waals surface area contributed by atoms with E-state index in [4.69, 9.17) is 10.2 Å². The lowest BCUT2D eigenvalue weighted by atomic mass is 9.96. The number of carboxylic acids is 2. The third-order valence-electron chi connectivity index (χ3n) is 1.69. The number of carbonyl (C=O) groups excluding carboxylic acids is 1. The molecule has 4 N–H and O–H groups in total. The van der Waals surface area contributed by atoms with Gasteiger partial charge in [-0.25, -0.2) is 4.79 Å². The standard InChI is InChI=1S/C9H15NO7/c1-5(2)10-17-7(13)4-9(16,8(14)15)3-6(11)12/h5,10,16H,3-4H2,1-2H3,(H,11,12)(H,14,15). The van der Waals surface area contributed by atoms with E-state index in [2.05, 4.69) is 10.3 Å². The molecular weight excluding hydrogens is 234 g/mol. The Labute approximate surface area is 97.1 Å². The topological polar surface area (TPSA) is 133 Å². The van der Waals surface area contributed by atoms with Gasteiger partial charge in [-0.05, 0) is 13.8 Å². The van der Waals surface area contributed by atoms with Gasteiger partial charge in [0.1, 0.15) is 0 Å². The second-order valence-corrected chi connectivity index (χ2v) is 3.83. The summed E-state index contributed by atoms with van der Waals surface area (Å²) in [5.74, 6) is -4.37. The minimum Gasteiger partial charge on any atom is -0.481 e. The van der Waals surface area contributed by atoms with Crippen molar-refractivity contribution in [2.24, 2.45) is 0 Å². The van der Waals surface area contributed by atoms with Gasteiger partial charge in [0.25, 0.3) is 0 Å². The minimum absolute atomic E-state index is 0.184. The summed E-state index contributed by atoms with van der Waals surface area (Å²) in [5, 5.41) is 26.6. The molecule has 0 heterocycles. The lowest BCUT2D eigenvalue weighted by Crippen LogP contribution is -2.44. The fourth-order valence-corrected chi connectivity index (χ4v) is 0.922. The van der Waals surface area contributed by atoms with E-state index in [0.29, 0.717) is 0 Å². The molecule has 0 spiro atoms. The van der Waals surface area contributed by atoms with E-state index in [9.17, 15) is 19.5 Å². The predicted octanol–water partition coefficient (Wildman–Crippen LogP) is -0.877. The van der Waals surface area contributed by atoms with E-state index in [-0.39, 0.29) is 6.04 Å². The third kappa shape index (κ3) is 5.83. The van der Waals surface area contributed by atoms with Gasteiger partial charge in [-0.2, -0.15) is 5.48 Å². The smallest absolute Gasteiger partial charge is 0.336 e. The maximum absolute atomic E-state index is 11.1. The highest BCUT2D eigenvalue weighted by molar-refractivity contribution is 5.88. The van der Waals surface area contributed by atoms with Crippen molar-refractivity contribution in [1.82, 2.24) is 5.48 Å². The summed E-state index contributed by atoms with van der Waals surface area (Å²) in [7, 11) is 0. The van der Waals surface area contributed by atoms with Crippen LogP contribution in [0.5, 0.6) is 0 Å². The minimum atomic E-state index is -2.67. The van der Waals surface area contributed by atoms with Crippen LogP contribution in [-0.2, 0) is 19.2 Å². The Kier molecular flexibility index (Phi) is 5.56. The molecule has 98 valence electrons. The maximum atomic E-state index is 11.1. The molecule has 0 bridgehead atoms. The first-order valence-electron chi connectivity index (χ1n) is 4.80.